The first kappa shape index (κ1) is 11.5. The van der Waals surface area contributed by atoms with Crippen molar-refractivity contribution >= 4 is 0 Å². The van der Waals surface area contributed by atoms with Gasteiger partial charge in [0, 0.05) is 0 Å². The van der Waals surface area contributed by atoms with Crippen molar-refractivity contribution in [2.24, 2.45) is 29.1 Å². The third-order valence-electron chi connectivity index (χ3n) is 5.03. The fourth-order valence-electron chi connectivity index (χ4n) is 4.42. The first-order valence-corrected chi connectivity index (χ1v) is 6.99. The van der Waals surface area contributed by atoms with Crippen molar-refractivity contribution in [3.63, 3.8) is 0 Å². The molecule has 0 radical (unpaired) electrons. The van der Waals surface area contributed by atoms with E-state index in [2.05, 4.69) is 27.7 Å². The fourth-order valence-corrected chi connectivity index (χ4v) is 4.42. The van der Waals surface area contributed by atoms with E-state index in [1.54, 1.807) is 25.7 Å². The molecule has 2 saturated carbocycles. The molecule has 0 heterocycles. The van der Waals surface area contributed by atoms with Crippen LogP contribution < -0.4 is 0 Å². The van der Waals surface area contributed by atoms with E-state index < -0.39 is 0 Å². The second kappa shape index (κ2) is 4.11. The second-order valence-electron chi connectivity index (χ2n) is 7.21. The molecule has 0 aromatic heterocycles. The molecule has 0 heteroatoms. The predicted molar refractivity (Wildman–Crippen MR) is 66.8 cm³/mol. The van der Waals surface area contributed by atoms with E-state index in [4.69, 9.17) is 0 Å². The molecule has 2 fully saturated rings. The van der Waals surface area contributed by atoms with Crippen LogP contribution in [0.2, 0.25) is 0 Å². The van der Waals surface area contributed by atoms with Crippen LogP contribution in [0.15, 0.2) is 0 Å². The molecule has 0 aromatic carbocycles. The second-order valence-corrected chi connectivity index (χ2v) is 7.21. The third-order valence-corrected chi connectivity index (χ3v) is 5.03. The minimum absolute atomic E-state index is 0.596. The Morgan fingerprint density at radius 1 is 1.07 bits per heavy atom. The zero-order valence-corrected chi connectivity index (χ0v) is 11.1. The molecule has 2 atom stereocenters. The van der Waals surface area contributed by atoms with E-state index in [1.165, 1.54) is 12.8 Å². The molecule has 2 aliphatic carbocycles. The van der Waals surface area contributed by atoms with E-state index in [-0.39, 0.29) is 0 Å². The minimum Gasteiger partial charge on any atom is -0.0628 e. The third kappa shape index (κ3) is 2.40. The van der Waals surface area contributed by atoms with Crippen LogP contribution in [0.1, 0.15) is 66.2 Å². The summed E-state index contributed by atoms with van der Waals surface area (Å²) >= 11 is 0. The summed E-state index contributed by atoms with van der Waals surface area (Å²) in [5, 5.41) is 0. The van der Waals surface area contributed by atoms with Gasteiger partial charge in [-0.05, 0) is 48.3 Å². The molecule has 2 aliphatic rings. The largest absolute Gasteiger partial charge is 0.0628 e. The van der Waals surface area contributed by atoms with Crippen molar-refractivity contribution in [1.29, 1.82) is 0 Å². The van der Waals surface area contributed by atoms with E-state index in [1.807, 2.05) is 0 Å². The number of hydrogen-bond donors (Lipinski definition) is 0. The van der Waals surface area contributed by atoms with Gasteiger partial charge in [0.25, 0.3) is 0 Å². The lowest BCUT2D eigenvalue weighted by Gasteiger charge is -2.34. The van der Waals surface area contributed by atoms with Gasteiger partial charge in [-0.2, -0.15) is 0 Å². The molecule has 0 bridgehead atoms. The molecule has 0 N–H and O–H groups in total. The molecule has 0 aromatic rings. The van der Waals surface area contributed by atoms with Crippen LogP contribution in [0.4, 0.5) is 0 Å². The Kier molecular flexibility index (Phi) is 3.14. The molecule has 0 spiro atoms. The smallest absolute Gasteiger partial charge is 0.0323 e. The van der Waals surface area contributed by atoms with Gasteiger partial charge < -0.3 is 0 Å². The summed E-state index contributed by atoms with van der Waals surface area (Å²) in [6.45, 7) is 9.77. The van der Waals surface area contributed by atoms with Gasteiger partial charge in [0.05, 0.1) is 0 Å². The zero-order valence-electron chi connectivity index (χ0n) is 11.1. The summed E-state index contributed by atoms with van der Waals surface area (Å²) in [6.07, 6.45) is 9.11. The molecule has 2 unspecified atom stereocenters. The number of fused-ring (bicyclic) bond motifs is 1. The van der Waals surface area contributed by atoms with Crippen molar-refractivity contribution in [2.45, 2.75) is 66.2 Å². The van der Waals surface area contributed by atoms with Crippen LogP contribution in [-0.4, -0.2) is 0 Å². The summed E-state index contributed by atoms with van der Waals surface area (Å²) in [5.41, 5.74) is 0.596. The van der Waals surface area contributed by atoms with Gasteiger partial charge in [-0.15, -0.1) is 0 Å². The van der Waals surface area contributed by atoms with Crippen LogP contribution in [0.25, 0.3) is 0 Å². The average Bonchev–Trinajstić information content (AvgIpc) is 2.56. The van der Waals surface area contributed by atoms with E-state index in [9.17, 15) is 0 Å². The molecule has 2 rings (SSSR count). The Bertz CT molecular complexity index is 202. The maximum absolute atomic E-state index is 2.51. The molecule has 0 amide bonds. The Hall–Kier alpha value is 0. The van der Waals surface area contributed by atoms with Gasteiger partial charge in [-0.3, -0.25) is 0 Å². The van der Waals surface area contributed by atoms with Gasteiger partial charge >= 0.3 is 0 Å². The highest BCUT2D eigenvalue weighted by molar-refractivity contribution is 4.93. The van der Waals surface area contributed by atoms with Crippen LogP contribution in [0, 0.1) is 29.1 Å². The molecule has 15 heavy (non-hydrogen) atoms. The van der Waals surface area contributed by atoms with Crippen LogP contribution >= 0.6 is 0 Å². The van der Waals surface area contributed by atoms with E-state index in [0.717, 1.165) is 23.7 Å². The highest BCUT2D eigenvalue weighted by Gasteiger charge is 2.43. The summed E-state index contributed by atoms with van der Waals surface area (Å²) < 4.78 is 0. The SMILES string of the molecule is CC(C)CC(C)(C)C1CC2CCCC2C1. The lowest BCUT2D eigenvalue weighted by Crippen LogP contribution is -2.24. The number of rotatable bonds is 3. The first-order chi connectivity index (χ1) is 6.99. The summed E-state index contributed by atoms with van der Waals surface area (Å²) in [7, 11) is 0. The Morgan fingerprint density at radius 2 is 1.60 bits per heavy atom. The van der Waals surface area contributed by atoms with Crippen molar-refractivity contribution in [3.05, 3.63) is 0 Å². The van der Waals surface area contributed by atoms with Gasteiger partial charge in [-0.1, -0.05) is 47.0 Å². The summed E-state index contributed by atoms with van der Waals surface area (Å²) in [4.78, 5) is 0. The van der Waals surface area contributed by atoms with Crippen molar-refractivity contribution in [3.8, 4) is 0 Å². The van der Waals surface area contributed by atoms with E-state index >= 15 is 0 Å². The standard InChI is InChI=1S/C15H28/c1-11(2)10-15(3,4)14-8-12-6-5-7-13(12)9-14/h11-14H,5-10H2,1-4H3. The van der Waals surface area contributed by atoms with Gasteiger partial charge in [0.15, 0.2) is 0 Å². The van der Waals surface area contributed by atoms with Crippen molar-refractivity contribution in [2.75, 3.05) is 0 Å². The highest BCUT2D eigenvalue weighted by atomic mass is 14.5. The molecular weight excluding hydrogens is 180 g/mol. The van der Waals surface area contributed by atoms with E-state index in [0.29, 0.717) is 5.41 Å². The molecule has 0 aliphatic heterocycles. The predicted octanol–water partition coefficient (Wildman–Crippen LogP) is 4.89. The maximum atomic E-state index is 2.51. The van der Waals surface area contributed by atoms with Crippen LogP contribution in [0.5, 0.6) is 0 Å². The highest BCUT2D eigenvalue weighted by Crippen LogP contribution is 2.53. The van der Waals surface area contributed by atoms with Crippen molar-refractivity contribution in [1.82, 2.24) is 0 Å². The monoisotopic (exact) mass is 208 g/mol. The Labute approximate surface area is 95.8 Å². The van der Waals surface area contributed by atoms with Gasteiger partial charge in [-0.25, -0.2) is 0 Å². The lowest BCUT2D eigenvalue weighted by atomic mass is 9.72. The minimum atomic E-state index is 0.596. The normalized spacial score (nSPS) is 36.2. The lowest BCUT2D eigenvalue weighted by molar-refractivity contribution is 0.165. The number of hydrogen-bond acceptors (Lipinski definition) is 0. The topological polar surface area (TPSA) is 0 Å². The van der Waals surface area contributed by atoms with Crippen LogP contribution in [0.3, 0.4) is 0 Å². The van der Waals surface area contributed by atoms with Gasteiger partial charge in [0.1, 0.15) is 0 Å². The van der Waals surface area contributed by atoms with Crippen LogP contribution in [-0.2, 0) is 0 Å². The van der Waals surface area contributed by atoms with Crippen molar-refractivity contribution < 1.29 is 0 Å². The molecule has 88 valence electrons. The summed E-state index contributed by atoms with van der Waals surface area (Å²) in [5.74, 6) is 4.11. The Balaban J connectivity index is 1.94. The quantitative estimate of drug-likeness (QED) is 0.620. The maximum Gasteiger partial charge on any atom is -0.0323 e. The fraction of sp³-hybridized carbons (Fsp3) is 1.00. The first-order valence-electron chi connectivity index (χ1n) is 6.99. The zero-order chi connectivity index (χ0) is 11.1. The molecular formula is C15H28. The molecule has 0 saturated heterocycles. The summed E-state index contributed by atoms with van der Waals surface area (Å²) in [6, 6.07) is 0. The average molecular weight is 208 g/mol. The van der Waals surface area contributed by atoms with Gasteiger partial charge in [0.2, 0.25) is 0 Å². The molecule has 0 nitrogen and oxygen atoms in total. The Morgan fingerprint density at radius 3 is 2.07 bits per heavy atom.